The van der Waals surface area contributed by atoms with Gasteiger partial charge in [-0.25, -0.2) is 0 Å². The Hall–Kier alpha value is -1.97. The van der Waals surface area contributed by atoms with Gasteiger partial charge < -0.3 is 0 Å². The number of nitrogens with zero attached hydrogens (tertiary/aromatic N) is 2. The van der Waals surface area contributed by atoms with E-state index < -0.39 is 47.7 Å². The summed E-state index contributed by atoms with van der Waals surface area (Å²) in [5.41, 5.74) is -0.118. The summed E-state index contributed by atoms with van der Waals surface area (Å²) in [5, 5.41) is 3.21. The van der Waals surface area contributed by atoms with Gasteiger partial charge in [-0.15, -0.1) is 0 Å². The first-order chi connectivity index (χ1) is 18.7. The van der Waals surface area contributed by atoms with E-state index in [1.807, 2.05) is 46.6 Å². The first kappa shape index (κ1) is 31.0. The van der Waals surface area contributed by atoms with Crippen LogP contribution in [0.3, 0.4) is 0 Å². The minimum atomic E-state index is -4.58. The van der Waals surface area contributed by atoms with E-state index in [0.29, 0.717) is 11.1 Å². The Balaban J connectivity index is 1.87. The van der Waals surface area contributed by atoms with Crippen LogP contribution in [0.1, 0.15) is 52.9 Å². The van der Waals surface area contributed by atoms with E-state index in [4.69, 9.17) is 4.52 Å². The van der Waals surface area contributed by atoms with Gasteiger partial charge in [0.05, 0.1) is 0 Å². The van der Waals surface area contributed by atoms with Crippen LogP contribution in [0.2, 0.25) is 0 Å². The van der Waals surface area contributed by atoms with Gasteiger partial charge >= 0.3 is 238 Å². The number of hydrogen-bond donors (Lipinski definition) is 1. The standard InChI is InChI=1S/C28H30F6N3OPSe/c1-18(35-2)26(19-10-6-5-7-11-19)38-39(40)36(3)24(20-12-8-14-22(16-20)27(29,30)31)25(37(39)4)21-13-9-15-23(17-21)28(32,33)34/h5-18,24-26,35H,1-4H3/t18-,24-,25-,26-/m0/s1. The molecular weight excluding hydrogens is 618 g/mol. The zero-order chi connectivity index (χ0) is 29.5. The molecule has 0 spiro atoms. The molecule has 1 aliphatic rings. The summed E-state index contributed by atoms with van der Waals surface area (Å²) < 4.78 is 92.7. The molecule has 1 aliphatic heterocycles. The quantitative estimate of drug-likeness (QED) is 0.162. The van der Waals surface area contributed by atoms with Crippen molar-refractivity contribution in [3.63, 3.8) is 0 Å². The number of likely N-dealkylation sites (N-methyl/N-ethyl adjacent to an activating group) is 3. The zero-order valence-electron chi connectivity index (χ0n) is 22.2. The second-order valence-electron chi connectivity index (χ2n) is 9.79. The normalized spacial score (nSPS) is 21.9. The second kappa shape index (κ2) is 11.7. The van der Waals surface area contributed by atoms with Crippen LogP contribution in [-0.2, 0) is 16.9 Å². The van der Waals surface area contributed by atoms with Crippen LogP contribution in [-0.4, -0.2) is 51.6 Å². The molecule has 4 atom stereocenters. The summed E-state index contributed by atoms with van der Waals surface area (Å²) in [7, 11) is 5.28. The molecule has 0 aliphatic carbocycles. The van der Waals surface area contributed by atoms with Crippen molar-refractivity contribution in [2.24, 2.45) is 0 Å². The molecule has 0 aromatic heterocycles. The average Bonchev–Trinajstić information content (AvgIpc) is 3.12. The zero-order valence-corrected chi connectivity index (χ0v) is 24.8. The van der Waals surface area contributed by atoms with Crippen molar-refractivity contribution >= 4 is 21.1 Å². The van der Waals surface area contributed by atoms with E-state index in [-0.39, 0.29) is 6.04 Å². The molecule has 12 heteroatoms. The maximum atomic E-state index is 13.7. The van der Waals surface area contributed by atoms with E-state index in [0.717, 1.165) is 29.8 Å². The van der Waals surface area contributed by atoms with Crippen LogP contribution >= 0.6 is 6.04 Å². The Morgan fingerprint density at radius 3 is 1.62 bits per heavy atom. The molecule has 4 rings (SSSR count). The summed E-state index contributed by atoms with van der Waals surface area (Å²) in [5.74, 6) is 0. The Kier molecular flexibility index (Phi) is 9.08. The third-order valence-corrected chi connectivity index (χ3v) is 13.7. The molecule has 40 heavy (non-hydrogen) atoms. The summed E-state index contributed by atoms with van der Waals surface area (Å²) in [6.45, 7) is 1.95. The van der Waals surface area contributed by atoms with Crippen molar-refractivity contribution < 1.29 is 30.9 Å². The fourth-order valence-electron chi connectivity index (χ4n) is 5.07. The molecule has 0 bridgehead atoms. The third kappa shape index (κ3) is 6.11. The average molecular weight is 648 g/mol. The Morgan fingerprint density at radius 2 is 1.23 bits per heavy atom. The van der Waals surface area contributed by atoms with Gasteiger partial charge in [0.1, 0.15) is 0 Å². The molecule has 0 amide bonds. The molecule has 1 N–H and O–H groups in total. The van der Waals surface area contributed by atoms with Gasteiger partial charge in [0.15, 0.2) is 0 Å². The van der Waals surface area contributed by atoms with Crippen LogP contribution in [0.4, 0.5) is 26.3 Å². The molecule has 1 heterocycles. The van der Waals surface area contributed by atoms with Crippen LogP contribution in [0, 0.1) is 0 Å². The van der Waals surface area contributed by atoms with Crippen LogP contribution < -0.4 is 5.32 Å². The third-order valence-electron chi connectivity index (χ3n) is 7.30. The van der Waals surface area contributed by atoms with Gasteiger partial charge in [0.2, 0.25) is 0 Å². The van der Waals surface area contributed by atoms with Crippen molar-refractivity contribution in [2.75, 3.05) is 21.1 Å². The number of nitrogens with one attached hydrogen (secondary N) is 1. The molecule has 0 unspecified atom stereocenters. The number of hydrogen-bond acceptors (Lipinski definition) is 4. The summed E-state index contributed by atoms with van der Waals surface area (Å²) in [4.78, 5) is 0. The first-order valence-electron chi connectivity index (χ1n) is 12.5. The molecule has 1 fully saturated rings. The van der Waals surface area contributed by atoms with Crippen molar-refractivity contribution in [3.8, 4) is 0 Å². The summed E-state index contributed by atoms with van der Waals surface area (Å²) in [6.07, 6.45) is -9.62. The van der Waals surface area contributed by atoms with Gasteiger partial charge in [0, 0.05) is 0 Å². The SMILES string of the molecule is CN[C@@H](C)[C@H](OP1(=[Se])N(C)[C@@H](c2cccc(C(F)(F)F)c2)[C@H](c2cccc(C(F)(F)F)c2)N1C)c1ccccc1. The topological polar surface area (TPSA) is 27.7 Å². The van der Waals surface area contributed by atoms with Crippen molar-refractivity contribution in [1.29, 1.82) is 0 Å². The Morgan fingerprint density at radius 1 is 0.775 bits per heavy atom. The fourth-order valence-corrected chi connectivity index (χ4v) is 9.42. The van der Waals surface area contributed by atoms with Gasteiger partial charge in [0.25, 0.3) is 0 Å². The summed E-state index contributed by atoms with van der Waals surface area (Å²) in [6, 6.07) is 14.9. The molecule has 0 radical (unpaired) electrons. The molecular formula is C28H30F6N3OPSe. The molecule has 3 aromatic carbocycles. The first-order valence-corrected chi connectivity index (χ1v) is 16.3. The number of alkyl halides is 6. The van der Waals surface area contributed by atoms with E-state index in [9.17, 15) is 26.3 Å². The van der Waals surface area contributed by atoms with Gasteiger partial charge in [-0.2, -0.15) is 0 Å². The number of halogens is 6. The van der Waals surface area contributed by atoms with E-state index in [1.165, 1.54) is 12.1 Å². The number of benzene rings is 3. The number of rotatable bonds is 7. The van der Waals surface area contributed by atoms with Crippen molar-refractivity contribution in [3.05, 3.63) is 107 Å². The molecule has 0 saturated carbocycles. The summed E-state index contributed by atoms with van der Waals surface area (Å²) >= 11 is 3.19. The van der Waals surface area contributed by atoms with Gasteiger partial charge in [-0.1, -0.05) is 0 Å². The predicted molar refractivity (Wildman–Crippen MR) is 145 cm³/mol. The Labute approximate surface area is 237 Å². The minimum absolute atomic E-state index is 0.158. The monoisotopic (exact) mass is 649 g/mol. The van der Waals surface area contributed by atoms with Crippen molar-refractivity contribution in [1.82, 2.24) is 14.7 Å². The van der Waals surface area contributed by atoms with E-state index >= 15 is 0 Å². The molecule has 4 nitrogen and oxygen atoms in total. The fraction of sp³-hybridized carbons (Fsp3) is 0.357. The maximum absolute atomic E-state index is 13.7. The van der Waals surface area contributed by atoms with E-state index in [1.54, 1.807) is 33.3 Å². The van der Waals surface area contributed by atoms with Crippen molar-refractivity contribution in [2.45, 2.75) is 43.5 Å². The van der Waals surface area contributed by atoms with Crippen LogP contribution in [0.15, 0.2) is 78.9 Å². The molecule has 3 aromatic rings. The van der Waals surface area contributed by atoms with E-state index in [2.05, 4.69) is 20.4 Å². The van der Waals surface area contributed by atoms with Crippen LogP contribution in [0.5, 0.6) is 0 Å². The van der Waals surface area contributed by atoms with Gasteiger partial charge in [-0.3, -0.25) is 0 Å². The Bertz CT molecular complexity index is 1300. The van der Waals surface area contributed by atoms with Crippen LogP contribution in [0.25, 0.3) is 0 Å². The second-order valence-corrected chi connectivity index (χ2v) is 15.2. The molecule has 1 saturated heterocycles. The van der Waals surface area contributed by atoms with Gasteiger partial charge in [-0.05, 0) is 0 Å². The molecule has 216 valence electrons. The predicted octanol–water partition coefficient (Wildman–Crippen LogP) is 7.60.